The number of hydrogen-bond donors (Lipinski definition) is 2. The van der Waals surface area contributed by atoms with E-state index < -0.39 is 11.7 Å². The number of aliphatic hydroxyl groups is 1. The van der Waals surface area contributed by atoms with E-state index >= 15 is 0 Å². The molecule has 23 heavy (non-hydrogen) atoms. The second kappa shape index (κ2) is 6.22. The first-order chi connectivity index (χ1) is 11.0. The van der Waals surface area contributed by atoms with Crippen LogP contribution in [-0.4, -0.2) is 39.6 Å². The van der Waals surface area contributed by atoms with Crippen molar-refractivity contribution in [1.29, 1.82) is 0 Å². The normalized spacial score (nSPS) is 29.8. The maximum atomic E-state index is 13.3. The predicted octanol–water partition coefficient (Wildman–Crippen LogP) is 1.40. The Morgan fingerprint density at radius 3 is 3.00 bits per heavy atom. The van der Waals surface area contributed by atoms with E-state index in [1.165, 1.54) is 0 Å². The van der Waals surface area contributed by atoms with Gasteiger partial charge in [0.15, 0.2) is 11.4 Å². The van der Waals surface area contributed by atoms with Gasteiger partial charge in [-0.15, -0.1) is 6.42 Å². The fourth-order valence-corrected chi connectivity index (χ4v) is 3.16. The highest BCUT2D eigenvalue weighted by Crippen LogP contribution is 2.35. The Balaban J connectivity index is 1.68. The summed E-state index contributed by atoms with van der Waals surface area (Å²) in [5.74, 6) is 2.77. The summed E-state index contributed by atoms with van der Waals surface area (Å²) in [5, 5.41) is 9.40. The van der Waals surface area contributed by atoms with E-state index in [1.807, 2.05) is 6.21 Å². The molecule has 0 spiro atoms. The van der Waals surface area contributed by atoms with Crippen LogP contribution in [0.25, 0.3) is 0 Å². The van der Waals surface area contributed by atoms with E-state index in [2.05, 4.69) is 20.9 Å². The summed E-state index contributed by atoms with van der Waals surface area (Å²) in [6.45, 7) is -0.171. The molecule has 7 heteroatoms. The van der Waals surface area contributed by atoms with Gasteiger partial charge in [-0.05, 0) is 38.0 Å². The molecule has 1 fully saturated rings. The Bertz CT molecular complexity index is 673. The molecule has 3 atom stereocenters. The Hall–Kier alpha value is -2.04. The number of aromatic nitrogens is 2. The zero-order valence-corrected chi connectivity index (χ0v) is 12.7. The van der Waals surface area contributed by atoms with Gasteiger partial charge < -0.3 is 15.6 Å². The van der Waals surface area contributed by atoms with E-state index in [0.29, 0.717) is 24.2 Å². The number of nitrogen functional groups attached to an aromatic ring is 1. The summed E-state index contributed by atoms with van der Waals surface area (Å²) in [6, 6.07) is 0. The summed E-state index contributed by atoms with van der Waals surface area (Å²) < 4.78 is 19.1. The van der Waals surface area contributed by atoms with Crippen LogP contribution in [0.1, 0.15) is 31.4 Å². The van der Waals surface area contributed by atoms with Gasteiger partial charge in [0.2, 0.25) is 0 Å². The lowest BCUT2D eigenvalue weighted by atomic mass is 9.95. The molecule has 2 aliphatic rings. The Labute approximate surface area is 134 Å². The minimum Gasteiger partial charge on any atom is -0.392 e. The minimum absolute atomic E-state index is 0.0176. The molecular formula is C16H19FN4O2. The van der Waals surface area contributed by atoms with Gasteiger partial charge in [0.1, 0.15) is 5.69 Å². The molecule has 0 aromatic carbocycles. The lowest BCUT2D eigenvalue weighted by Gasteiger charge is -2.22. The monoisotopic (exact) mass is 318 g/mol. The number of rotatable bonds is 3. The lowest BCUT2D eigenvalue weighted by Crippen LogP contribution is -2.32. The Morgan fingerprint density at radius 2 is 2.30 bits per heavy atom. The number of halogens is 1. The maximum absolute atomic E-state index is 13.3. The zero-order valence-electron chi connectivity index (χ0n) is 12.7. The van der Waals surface area contributed by atoms with Crippen LogP contribution >= 0.6 is 0 Å². The van der Waals surface area contributed by atoms with Crippen molar-refractivity contribution in [3.8, 4) is 12.3 Å². The fraction of sp³-hybridized carbons (Fsp3) is 0.562. The van der Waals surface area contributed by atoms with Crippen molar-refractivity contribution in [1.82, 2.24) is 9.97 Å². The largest absolute Gasteiger partial charge is 0.392 e. The summed E-state index contributed by atoms with van der Waals surface area (Å²) in [5.41, 5.74) is 5.85. The molecule has 0 aliphatic carbocycles. The van der Waals surface area contributed by atoms with Gasteiger partial charge in [-0.25, -0.2) is 4.98 Å². The first-order valence-corrected chi connectivity index (χ1v) is 7.68. The van der Waals surface area contributed by atoms with Crippen LogP contribution in [0.4, 0.5) is 15.9 Å². The molecule has 1 saturated heterocycles. The predicted molar refractivity (Wildman–Crippen MR) is 83.7 cm³/mol. The van der Waals surface area contributed by atoms with Crippen LogP contribution in [0.5, 0.6) is 0 Å². The third-order valence-corrected chi connectivity index (χ3v) is 4.47. The van der Waals surface area contributed by atoms with Gasteiger partial charge in [0.25, 0.3) is 0 Å². The molecule has 122 valence electrons. The zero-order chi connectivity index (χ0) is 16.4. The van der Waals surface area contributed by atoms with Gasteiger partial charge >= 0.3 is 6.08 Å². The first-order valence-electron chi connectivity index (χ1n) is 7.68. The maximum Gasteiger partial charge on any atom is 0.310 e. The Kier molecular flexibility index (Phi) is 4.28. The molecule has 3 N–H and O–H groups in total. The number of aryl methyl sites for hydroxylation is 1. The molecular weight excluding hydrogens is 299 g/mol. The second-order valence-corrected chi connectivity index (χ2v) is 6.06. The highest BCUT2D eigenvalue weighted by molar-refractivity contribution is 5.72. The molecule has 0 radical (unpaired) electrons. The van der Waals surface area contributed by atoms with Crippen molar-refractivity contribution in [3.63, 3.8) is 0 Å². The molecule has 1 aromatic heterocycles. The van der Waals surface area contributed by atoms with Gasteiger partial charge in [-0.2, -0.15) is 9.37 Å². The number of nitrogens with two attached hydrogens (primary N) is 1. The van der Waals surface area contributed by atoms with E-state index in [1.54, 1.807) is 0 Å². The summed E-state index contributed by atoms with van der Waals surface area (Å²) >= 11 is 0. The Morgan fingerprint density at radius 1 is 1.48 bits per heavy atom. The first kappa shape index (κ1) is 15.8. The van der Waals surface area contributed by atoms with E-state index in [4.69, 9.17) is 16.9 Å². The highest BCUT2D eigenvalue weighted by Gasteiger charge is 2.38. The van der Waals surface area contributed by atoms with Crippen LogP contribution in [0.15, 0.2) is 4.99 Å². The van der Waals surface area contributed by atoms with Crippen molar-refractivity contribution in [2.75, 3.05) is 12.3 Å². The molecule has 0 unspecified atom stereocenters. The van der Waals surface area contributed by atoms with Crippen molar-refractivity contribution in [2.24, 2.45) is 10.9 Å². The van der Waals surface area contributed by atoms with Crippen LogP contribution in [0, 0.1) is 24.3 Å². The standard InChI is InChI=1S/C16H19FN4O2/c1-2-16(9-22)6-5-11(23-16)7-10-3-4-12-13(19-8-10)14(18)21-15(17)20-12/h1,8,10-11,22H,3-7,9H2,(H2,18,20,21)/t10-,11+,16-/m0/s1. The number of aliphatic hydroxyl groups excluding tert-OH is 1. The number of anilines is 1. The van der Waals surface area contributed by atoms with Crippen LogP contribution < -0.4 is 5.73 Å². The third kappa shape index (κ3) is 3.19. The smallest absolute Gasteiger partial charge is 0.310 e. The lowest BCUT2D eigenvalue weighted by molar-refractivity contribution is -0.0392. The summed E-state index contributed by atoms with van der Waals surface area (Å²) in [4.78, 5) is 11.6. The highest BCUT2D eigenvalue weighted by atomic mass is 19.1. The van der Waals surface area contributed by atoms with Crippen molar-refractivity contribution in [2.45, 2.75) is 43.8 Å². The number of aliphatic imine (C=N–C) groups is 1. The molecule has 0 amide bonds. The van der Waals surface area contributed by atoms with Crippen LogP contribution in [0.3, 0.4) is 0 Å². The molecule has 3 heterocycles. The van der Waals surface area contributed by atoms with Crippen LogP contribution in [-0.2, 0) is 11.2 Å². The molecule has 0 saturated carbocycles. The number of fused-ring (bicyclic) bond motifs is 1. The average Bonchev–Trinajstić information content (AvgIpc) is 2.83. The van der Waals surface area contributed by atoms with Crippen molar-refractivity contribution < 1.29 is 14.2 Å². The third-order valence-electron chi connectivity index (χ3n) is 4.47. The SMILES string of the molecule is C#C[C@@]1(CO)CC[C@H](C[C@H]2C=Nc3c(N)nc(F)nc3CC2)O1. The summed E-state index contributed by atoms with van der Waals surface area (Å²) in [6.07, 6.45) is 9.98. The molecule has 0 bridgehead atoms. The molecule has 2 aliphatic heterocycles. The van der Waals surface area contributed by atoms with Gasteiger partial charge in [-0.1, -0.05) is 5.92 Å². The van der Waals surface area contributed by atoms with E-state index in [9.17, 15) is 9.50 Å². The number of terminal acetylenes is 1. The number of ether oxygens (including phenoxy) is 1. The van der Waals surface area contributed by atoms with Gasteiger partial charge in [0.05, 0.1) is 18.4 Å². The quantitative estimate of drug-likeness (QED) is 0.649. The number of nitrogens with zero attached hydrogens (tertiary/aromatic N) is 3. The number of hydrogen-bond acceptors (Lipinski definition) is 6. The average molecular weight is 318 g/mol. The van der Waals surface area contributed by atoms with Crippen molar-refractivity contribution >= 4 is 17.7 Å². The van der Waals surface area contributed by atoms with Gasteiger partial charge in [-0.3, -0.25) is 4.99 Å². The minimum atomic E-state index is -0.853. The topological polar surface area (TPSA) is 93.6 Å². The molecule has 3 rings (SSSR count). The molecule has 6 nitrogen and oxygen atoms in total. The fourth-order valence-electron chi connectivity index (χ4n) is 3.16. The second-order valence-electron chi connectivity index (χ2n) is 6.06. The van der Waals surface area contributed by atoms with Crippen LogP contribution in [0.2, 0.25) is 0 Å². The summed E-state index contributed by atoms with van der Waals surface area (Å²) in [7, 11) is 0. The van der Waals surface area contributed by atoms with E-state index in [0.717, 1.165) is 19.3 Å². The molecule has 1 aromatic rings. The van der Waals surface area contributed by atoms with E-state index in [-0.39, 0.29) is 24.4 Å². The van der Waals surface area contributed by atoms with Crippen molar-refractivity contribution in [3.05, 3.63) is 11.8 Å². The van der Waals surface area contributed by atoms with Gasteiger partial charge in [0, 0.05) is 6.21 Å².